The summed E-state index contributed by atoms with van der Waals surface area (Å²) in [5.74, 6) is 0.352. The minimum atomic E-state index is -0.367. The van der Waals surface area contributed by atoms with Crippen LogP contribution < -0.4 is 4.74 Å². The molecule has 0 bridgehead atoms. The summed E-state index contributed by atoms with van der Waals surface area (Å²) in [6.45, 7) is 5.06. The molecule has 1 aliphatic heterocycles. The molecule has 1 heterocycles. The molecular formula is C28H32N2O4. The van der Waals surface area contributed by atoms with E-state index in [-0.39, 0.29) is 22.8 Å². The standard InChI is InChI=1S/C28H32N2O4/c1-22-10-8-15-26(27(22)30(31)32)33-21-9-18-29-19-16-25(17-20-29)34-28(23-11-4-2-5-12-23)24-13-6-3-7-14-24/h2-8,10-15,25,28H,9,16-21H2,1H3. The van der Waals surface area contributed by atoms with E-state index in [0.717, 1.165) is 38.9 Å². The number of rotatable bonds is 10. The molecule has 0 atom stereocenters. The second kappa shape index (κ2) is 11.8. The van der Waals surface area contributed by atoms with E-state index in [0.29, 0.717) is 17.9 Å². The quantitative estimate of drug-likeness (QED) is 0.213. The Labute approximate surface area is 201 Å². The van der Waals surface area contributed by atoms with Crippen LogP contribution in [0.2, 0.25) is 0 Å². The van der Waals surface area contributed by atoms with Crippen molar-refractivity contribution in [3.8, 4) is 5.75 Å². The van der Waals surface area contributed by atoms with E-state index in [9.17, 15) is 10.1 Å². The van der Waals surface area contributed by atoms with Crippen LogP contribution in [0.1, 0.15) is 42.1 Å². The van der Waals surface area contributed by atoms with Crippen LogP contribution in [0.15, 0.2) is 78.9 Å². The molecule has 6 nitrogen and oxygen atoms in total. The Morgan fingerprint density at radius 1 is 0.941 bits per heavy atom. The Morgan fingerprint density at radius 3 is 2.15 bits per heavy atom. The SMILES string of the molecule is Cc1cccc(OCCCN2CCC(OC(c3ccccc3)c3ccccc3)CC2)c1[N+](=O)[O-]. The molecule has 0 unspecified atom stereocenters. The molecule has 3 aromatic rings. The zero-order valence-electron chi connectivity index (χ0n) is 19.6. The van der Waals surface area contributed by atoms with Crippen molar-refractivity contribution < 1.29 is 14.4 Å². The number of para-hydroxylation sites is 1. The summed E-state index contributed by atoms with van der Waals surface area (Å²) in [6.07, 6.45) is 2.96. The van der Waals surface area contributed by atoms with Crippen LogP contribution >= 0.6 is 0 Å². The Balaban J connectivity index is 1.25. The molecule has 1 saturated heterocycles. The van der Waals surface area contributed by atoms with E-state index in [1.165, 1.54) is 11.1 Å². The van der Waals surface area contributed by atoms with Crippen molar-refractivity contribution in [1.82, 2.24) is 4.90 Å². The van der Waals surface area contributed by atoms with E-state index in [2.05, 4.69) is 53.4 Å². The predicted octanol–water partition coefficient (Wildman–Crippen LogP) is 5.94. The van der Waals surface area contributed by atoms with Gasteiger partial charge in [0.2, 0.25) is 0 Å². The molecule has 0 N–H and O–H groups in total. The Bertz CT molecular complexity index is 1010. The van der Waals surface area contributed by atoms with Gasteiger partial charge in [0.15, 0.2) is 5.75 Å². The van der Waals surface area contributed by atoms with E-state index in [1.807, 2.05) is 12.1 Å². The highest BCUT2D eigenvalue weighted by Gasteiger charge is 2.25. The molecule has 0 saturated carbocycles. The zero-order chi connectivity index (χ0) is 23.8. The lowest BCUT2D eigenvalue weighted by Gasteiger charge is -2.34. The first-order chi connectivity index (χ1) is 16.6. The Hall–Kier alpha value is -3.22. The maximum Gasteiger partial charge on any atom is 0.313 e. The summed E-state index contributed by atoms with van der Waals surface area (Å²) < 4.78 is 12.4. The topological polar surface area (TPSA) is 64.8 Å². The summed E-state index contributed by atoms with van der Waals surface area (Å²) in [6, 6.07) is 26.0. The van der Waals surface area contributed by atoms with Gasteiger partial charge in [-0.25, -0.2) is 0 Å². The second-order valence-electron chi connectivity index (χ2n) is 8.76. The summed E-state index contributed by atoms with van der Waals surface area (Å²) in [7, 11) is 0. The van der Waals surface area contributed by atoms with E-state index >= 15 is 0 Å². The first-order valence-electron chi connectivity index (χ1n) is 12.0. The molecule has 3 aromatic carbocycles. The van der Waals surface area contributed by atoms with Gasteiger partial charge >= 0.3 is 5.69 Å². The highest BCUT2D eigenvalue weighted by Crippen LogP contribution is 2.31. The molecular weight excluding hydrogens is 428 g/mol. The highest BCUT2D eigenvalue weighted by molar-refractivity contribution is 5.52. The van der Waals surface area contributed by atoms with Gasteiger partial charge in [-0.05, 0) is 43.4 Å². The average Bonchev–Trinajstić information content (AvgIpc) is 2.87. The number of hydrogen-bond donors (Lipinski definition) is 0. The number of aryl methyl sites for hydroxylation is 1. The van der Waals surface area contributed by atoms with Crippen LogP contribution in [0.4, 0.5) is 5.69 Å². The van der Waals surface area contributed by atoms with E-state index in [1.54, 1.807) is 25.1 Å². The van der Waals surface area contributed by atoms with Gasteiger partial charge in [0, 0.05) is 25.2 Å². The van der Waals surface area contributed by atoms with Crippen LogP contribution in [0, 0.1) is 17.0 Å². The number of piperidine rings is 1. The molecule has 178 valence electrons. The smallest absolute Gasteiger partial charge is 0.313 e. The lowest BCUT2D eigenvalue weighted by molar-refractivity contribution is -0.386. The molecule has 0 amide bonds. The first kappa shape index (κ1) is 23.9. The third kappa shape index (κ3) is 6.22. The van der Waals surface area contributed by atoms with Crippen LogP contribution in [0.25, 0.3) is 0 Å². The molecule has 6 heteroatoms. The van der Waals surface area contributed by atoms with Gasteiger partial charge in [-0.15, -0.1) is 0 Å². The molecule has 1 fully saturated rings. The summed E-state index contributed by atoms with van der Waals surface area (Å²) in [5, 5.41) is 11.3. The largest absolute Gasteiger partial charge is 0.487 e. The summed E-state index contributed by atoms with van der Waals surface area (Å²) >= 11 is 0. The van der Waals surface area contributed by atoms with Gasteiger partial charge in [-0.2, -0.15) is 0 Å². The summed E-state index contributed by atoms with van der Waals surface area (Å²) in [5.41, 5.74) is 3.04. The van der Waals surface area contributed by atoms with Gasteiger partial charge in [0.1, 0.15) is 6.10 Å². The molecule has 0 aliphatic carbocycles. The monoisotopic (exact) mass is 460 g/mol. The maximum atomic E-state index is 11.3. The van der Waals surface area contributed by atoms with E-state index < -0.39 is 0 Å². The normalized spacial score (nSPS) is 14.9. The van der Waals surface area contributed by atoms with Crippen molar-refractivity contribution in [1.29, 1.82) is 0 Å². The average molecular weight is 461 g/mol. The minimum absolute atomic E-state index is 0.0579. The van der Waals surface area contributed by atoms with Crippen molar-refractivity contribution in [2.75, 3.05) is 26.2 Å². The van der Waals surface area contributed by atoms with Crippen LogP contribution in [0.5, 0.6) is 5.75 Å². The number of hydrogen-bond acceptors (Lipinski definition) is 5. The fourth-order valence-corrected chi connectivity index (χ4v) is 4.52. The van der Waals surface area contributed by atoms with Crippen LogP contribution in [-0.2, 0) is 4.74 Å². The second-order valence-corrected chi connectivity index (χ2v) is 8.76. The highest BCUT2D eigenvalue weighted by atomic mass is 16.6. The van der Waals surface area contributed by atoms with Gasteiger partial charge in [0.05, 0.1) is 17.6 Å². The van der Waals surface area contributed by atoms with Crippen molar-refractivity contribution in [3.63, 3.8) is 0 Å². The number of nitro groups is 1. The molecule has 0 spiro atoms. The number of benzene rings is 3. The van der Waals surface area contributed by atoms with Crippen molar-refractivity contribution in [2.24, 2.45) is 0 Å². The third-order valence-electron chi connectivity index (χ3n) is 6.33. The molecule has 1 aliphatic rings. The predicted molar refractivity (Wildman–Crippen MR) is 133 cm³/mol. The first-order valence-corrected chi connectivity index (χ1v) is 12.0. The van der Waals surface area contributed by atoms with Crippen molar-refractivity contribution in [3.05, 3.63) is 106 Å². The van der Waals surface area contributed by atoms with Crippen molar-refractivity contribution >= 4 is 5.69 Å². The number of nitrogens with zero attached hydrogens (tertiary/aromatic N) is 2. The number of nitro benzene ring substituents is 1. The fourth-order valence-electron chi connectivity index (χ4n) is 4.52. The zero-order valence-corrected chi connectivity index (χ0v) is 19.6. The fraction of sp³-hybridized carbons (Fsp3) is 0.357. The Kier molecular flexibility index (Phi) is 8.28. The van der Waals surface area contributed by atoms with Gasteiger partial charge < -0.3 is 14.4 Å². The van der Waals surface area contributed by atoms with E-state index in [4.69, 9.17) is 9.47 Å². The molecule has 0 radical (unpaired) electrons. The van der Waals surface area contributed by atoms with Crippen LogP contribution in [0.3, 0.4) is 0 Å². The van der Waals surface area contributed by atoms with Gasteiger partial charge in [0.25, 0.3) is 0 Å². The van der Waals surface area contributed by atoms with Crippen molar-refractivity contribution in [2.45, 2.75) is 38.4 Å². The van der Waals surface area contributed by atoms with Crippen LogP contribution in [-0.4, -0.2) is 42.2 Å². The number of likely N-dealkylation sites (tertiary alicyclic amines) is 1. The summed E-state index contributed by atoms with van der Waals surface area (Å²) in [4.78, 5) is 13.4. The Morgan fingerprint density at radius 2 is 1.56 bits per heavy atom. The third-order valence-corrected chi connectivity index (χ3v) is 6.33. The van der Waals surface area contributed by atoms with Gasteiger partial charge in [-0.1, -0.05) is 72.8 Å². The lowest BCUT2D eigenvalue weighted by Crippen LogP contribution is -2.38. The number of ether oxygens (including phenoxy) is 2. The van der Waals surface area contributed by atoms with Gasteiger partial charge in [-0.3, -0.25) is 10.1 Å². The molecule has 0 aromatic heterocycles. The lowest BCUT2D eigenvalue weighted by atomic mass is 10.00. The minimum Gasteiger partial charge on any atom is -0.487 e. The maximum absolute atomic E-state index is 11.3. The molecule has 4 rings (SSSR count). The molecule has 34 heavy (non-hydrogen) atoms.